The summed E-state index contributed by atoms with van der Waals surface area (Å²) in [7, 11) is 0. The second kappa shape index (κ2) is 4.96. The number of aromatic nitrogens is 5. The zero-order chi connectivity index (χ0) is 21.8. The maximum absolute atomic E-state index is 6.62. The molecule has 0 saturated carbocycles. The van der Waals surface area contributed by atoms with Gasteiger partial charge in [-0.2, -0.15) is 4.57 Å². The number of benzene rings is 2. The van der Waals surface area contributed by atoms with Gasteiger partial charge in [0.05, 0.1) is 21.4 Å². The van der Waals surface area contributed by atoms with Crippen LogP contribution < -0.4 is 18.8 Å². The molecule has 0 aliphatic carbocycles. The second-order valence-corrected chi connectivity index (χ2v) is 10.0. The first-order valence-corrected chi connectivity index (χ1v) is 12.0. The Balaban J connectivity index is 1.59. The Morgan fingerprint density at radius 1 is 0.882 bits per heavy atom. The van der Waals surface area contributed by atoms with Crippen LogP contribution in [0.25, 0.3) is 39.0 Å². The third-order valence-electron chi connectivity index (χ3n) is 7.52. The third kappa shape index (κ3) is 1.43. The van der Waals surface area contributed by atoms with Gasteiger partial charge >= 0.3 is 11.3 Å². The fraction of sp³-hybridized carbons (Fsp3) is 0. The third-order valence-corrected chi connectivity index (χ3v) is 8.58. The molecule has 0 N–H and O–H groups in total. The van der Waals surface area contributed by atoms with E-state index in [0.717, 1.165) is 55.5 Å². The molecule has 2 aromatic carbocycles. The lowest BCUT2D eigenvalue weighted by molar-refractivity contribution is -1.02. The number of quaternary nitrogens is 1. The maximum Gasteiger partial charge on any atom is 0.371 e. The summed E-state index contributed by atoms with van der Waals surface area (Å²) in [5.41, 5.74) is 8.92. The van der Waals surface area contributed by atoms with Gasteiger partial charge in [0.2, 0.25) is 17.6 Å². The highest BCUT2D eigenvalue weighted by atomic mass is 32.2. The predicted molar refractivity (Wildman–Crippen MR) is 125 cm³/mol. The first kappa shape index (κ1) is 16.4. The van der Waals surface area contributed by atoms with Crippen molar-refractivity contribution >= 4 is 45.2 Å². The predicted octanol–water partition coefficient (Wildman–Crippen LogP) is 4.58. The average Bonchev–Trinajstić information content (AvgIpc) is 3.38. The maximum atomic E-state index is 6.62. The van der Waals surface area contributed by atoms with Crippen molar-refractivity contribution in [3.63, 3.8) is 0 Å². The van der Waals surface area contributed by atoms with Crippen molar-refractivity contribution in [2.45, 2.75) is 9.79 Å². The summed E-state index contributed by atoms with van der Waals surface area (Å²) in [4.78, 5) is 11.8. The van der Waals surface area contributed by atoms with Crippen LogP contribution in [-0.4, -0.2) is 14.5 Å². The number of nitrogens with zero attached hydrogens (tertiary/aromatic N) is 6. The van der Waals surface area contributed by atoms with Crippen molar-refractivity contribution in [2.24, 2.45) is 0 Å². The Hall–Kier alpha value is -4.27. The summed E-state index contributed by atoms with van der Waals surface area (Å²) < 4.78 is 14.1. The lowest BCUT2D eigenvalue weighted by Gasteiger charge is -2.32. The fourth-order valence-corrected chi connectivity index (χ4v) is 7.49. The van der Waals surface area contributed by atoms with Crippen LogP contribution in [0.3, 0.4) is 0 Å². The van der Waals surface area contributed by atoms with Crippen LogP contribution in [0.5, 0.6) is 11.5 Å². The lowest BCUT2D eigenvalue weighted by Crippen LogP contribution is -2.84. The topological polar surface area (TPSA) is 47.7 Å². The molecule has 0 saturated heterocycles. The van der Waals surface area contributed by atoms with Crippen LogP contribution in [0.4, 0.5) is 11.4 Å². The Morgan fingerprint density at radius 2 is 1.85 bits per heavy atom. The molecule has 0 radical (unpaired) electrons. The average molecular weight is 457 g/mol. The van der Waals surface area contributed by atoms with E-state index in [-0.39, 0.29) is 0 Å². The van der Waals surface area contributed by atoms with E-state index in [2.05, 4.69) is 79.8 Å². The molecule has 0 bridgehead atoms. The first-order chi connectivity index (χ1) is 16.9. The number of fused-ring (bicyclic) bond motifs is 3. The minimum Gasteiger partial charge on any atom is -0.444 e. The number of hydrogen-bond donors (Lipinski definition) is 0. The largest absolute Gasteiger partial charge is 0.444 e. The number of para-hydroxylation sites is 1. The number of pyridine rings is 2. The molecule has 8 heterocycles. The quantitative estimate of drug-likeness (QED) is 0.247. The first-order valence-electron chi connectivity index (χ1n) is 11.2. The van der Waals surface area contributed by atoms with E-state index in [9.17, 15) is 0 Å². The summed E-state index contributed by atoms with van der Waals surface area (Å²) in [6.07, 6.45) is 10.1. The minimum absolute atomic E-state index is 0.374. The van der Waals surface area contributed by atoms with Crippen LogP contribution in [0.2, 0.25) is 0 Å². The molecule has 0 fully saturated rings. The fourth-order valence-electron chi connectivity index (χ4n) is 6.42. The molecule has 0 amide bonds. The molecule has 156 valence electrons. The van der Waals surface area contributed by atoms with E-state index in [1.165, 1.54) is 16.1 Å². The van der Waals surface area contributed by atoms with E-state index < -0.39 is 0 Å². The molecule has 4 aromatic heterocycles. The zero-order valence-corrected chi connectivity index (χ0v) is 18.3. The van der Waals surface area contributed by atoms with Gasteiger partial charge in [-0.15, -0.1) is 0 Å². The van der Waals surface area contributed by atoms with Crippen molar-refractivity contribution in [1.29, 1.82) is 0 Å². The molecule has 7 nitrogen and oxygen atoms in total. The van der Waals surface area contributed by atoms with Crippen LogP contribution >= 0.6 is 11.8 Å². The monoisotopic (exact) mass is 457 g/mol. The number of hydrogen-bond acceptors (Lipinski definition) is 4. The van der Waals surface area contributed by atoms with Crippen molar-refractivity contribution in [2.75, 3.05) is 0 Å². The molecule has 1 atom stereocenters. The summed E-state index contributed by atoms with van der Waals surface area (Å²) in [5, 5.41) is 1.07. The second-order valence-electron chi connectivity index (χ2n) is 8.96. The summed E-state index contributed by atoms with van der Waals surface area (Å²) >= 11 is 1.77. The molecule has 34 heavy (non-hydrogen) atoms. The summed E-state index contributed by atoms with van der Waals surface area (Å²) in [6, 6.07) is 17.0. The van der Waals surface area contributed by atoms with Crippen molar-refractivity contribution in [3.05, 3.63) is 79.5 Å². The SMILES string of the molecule is c1cc2c3c(c1)-c1cccc[n+]1[N+]31c3c(ccc4c3-n3c5c(cncc5c5ncc[n+]1c53)S4)O2. The number of rotatable bonds is 0. The number of ether oxygens (including phenoxy) is 1. The van der Waals surface area contributed by atoms with Gasteiger partial charge in [0.15, 0.2) is 23.0 Å². The van der Waals surface area contributed by atoms with Gasteiger partial charge in [0.25, 0.3) is 11.4 Å². The molecule has 10 rings (SSSR count). The van der Waals surface area contributed by atoms with Gasteiger partial charge in [0.1, 0.15) is 10.3 Å². The minimum atomic E-state index is 0.374. The Labute approximate surface area is 196 Å². The summed E-state index contributed by atoms with van der Waals surface area (Å²) in [6.45, 7) is 0. The van der Waals surface area contributed by atoms with Gasteiger partial charge < -0.3 is 4.74 Å². The Kier molecular flexibility index (Phi) is 2.39. The van der Waals surface area contributed by atoms with Crippen LogP contribution in [0, 0.1) is 0 Å². The normalized spacial score (nSPS) is 18.8. The van der Waals surface area contributed by atoms with Crippen molar-refractivity contribution < 1.29 is 14.1 Å². The van der Waals surface area contributed by atoms with Crippen molar-refractivity contribution in [1.82, 2.24) is 19.2 Å². The molecule has 6 aromatic rings. The zero-order valence-electron chi connectivity index (χ0n) is 17.5. The molecule has 4 aliphatic rings. The van der Waals surface area contributed by atoms with Gasteiger partial charge in [0, 0.05) is 33.9 Å². The Morgan fingerprint density at radius 3 is 2.85 bits per heavy atom. The van der Waals surface area contributed by atoms with Crippen LogP contribution in [0.15, 0.2) is 89.3 Å². The van der Waals surface area contributed by atoms with Gasteiger partial charge in [-0.25, -0.2) is 4.98 Å². The van der Waals surface area contributed by atoms with Crippen molar-refractivity contribution in [3.8, 4) is 28.4 Å². The van der Waals surface area contributed by atoms with E-state index >= 15 is 0 Å². The van der Waals surface area contributed by atoms with Crippen LogP contribution in [-0.2, 0) is 0 Å². The van der Waals surface area contributed by atoms with Gasteiger partial charge in [-0.1, -0.05) is 17.8 Å². The van der Waals surface area contributed by atoms with E-state index in [0.29, 0.717) is 4.70 Å². The smallest absolute Gasteiger partial charge is 0.371 e. The molecular formula is C26H13N6OS+3. The molecule has 4 aliphatic heterocycles. The lowest BCUT2D eigenvalue weighted by atomic mass is 10.1. The highest BCUT2D eigenvalue weighted by molar-refractivity contribution is 7.99. The molecular weight excluding hydrogens is 444 g/mol. The van der Waals surface area contributed by atoms with E-state index in [4.69, 9.17) is 9.72 Å². The van der Waals surface area contributed by atoms with Gasteiger partial charge in [-0.3, -0.25) is 4.98 Å². The standard InChI is InChI=1S/C26H13N6OS/c1-2-10-29-16(5-1)14-4-3-6-17-24(14)32(29)25-18(33-17)7-8-19-23(25)31-22-15(12-27-13-20(22)34-19)21-26(31)30(32)11-9-28-21/h1-13H/q+3. The van der Waals surface area contributed by atoms with Crippen LogP contribution in [0.1, 0.15) is 0 Å². The van der Waals surface area contributed by atoms with E-state index in [1.54, 1.807) is 11.8 Å². The van der Waals surface area contributed by atoms with Gasteiger partial charge in [-0.05, 0) is 30.3 Å². The Bertz CT molecular complexity index is 2000. The van der Waals surface area contributed by atoms with E-state index in [1.807, 2.05) is 18.6 Å². The molecule has 1 spiro atoms. The highest BCUT2D eigenvalue weighted by Gasteiger charge is 2.70. The molecule has 8 heteroatoms. The molecule has 1 unspecified atom stereocenters. The highest BCUT2D eigenvalue weighted by Crippen LogP contribution is 2.62. The summed E-state index contributed by atoms with van der Waals surface area (Å²) in [5.74, 6) is 1.75.